The molecule has 144 valence electrons. The monoisotopic (exact) mass is 370 g/mol. The first-order valence-electron chi connectivity index (χ1n) is 9.36. The lowest BCUT2D eigenvalue weighted by Gasteiger charge is -2.35. The van der Waals surface area contributed by atoms with Crippen LogP contribution in [0.2, 0.25) is 0 Å². The third-order valence-corrected chi connectivity index (χ3v) is 4.65. The number of carbonyl (C=O) groups excluding carboxylic acids is 2. The molecule has 1 aliphatic rings. The van der Waals surface area contributed by atoms with Crippen molar-refractivity contribution in [2.75, 3.05) is 37.6 Å². The number of amides is 2. The van der Waals surface area contributed by atoms with Gasteiger partial charge in [0.25, 0.3) is 11.8 Å². The zero-order valence-electron chi connectivity index (χ0n) is 15.9. The van der Waals surface area contributed by atoms with Crippen LogP contribution < -0.4 is 10.2 Å². The number of carbonyl (C=O) groups is 2. The molecule has 7 nitrogen and oxygen atoms in total. The summed E-state index contributed by atoms with van der Waals surface area (Å²) < 4.78 is 5.19. The molecule has 1 saturated heterocycles. The minimum Gasteiger partial charge on any atom is -0.459 e. The van der Waals surface area contributed by atoms with Crippen molar-refractivity contribution in [2.45, 2.75) is 20.3 Å². The van der Waals surface area contributed by atoms with Crippen LogP contribution in [0.5, 0.6) is 0 Å². The van der Waals surface area contributed by atoms with Gasteiger partial charge in [0.2, 0.25) is 0 Å². The molecule has 3 heterocycles. The molecule has 1 aliphatic heterocycles. The van der Waals surface area contributed by atoms with Crippen LogP contribution in [0, 0.1) is 5.92 Å². The van der Waals surface area contributed by atoms with Crippen LogP contribution in [0.15, 0.2) is 41.1 Å². The molecule has 3 rings (SSSR count). The molecular formula is C20H26N4O3. The van der Waals surface area contributed by atoms with Crippen LogP contribution in [0.4, 0.5) is 5.69 Å². The number of anilines is 1. The summed E-state index contributed by atoms with van der Waals surface area (Å²) in [4.78, 5) is 32.8. The van der Waals surface area contributed by atoms with Gasteiger partial charge in [-0.25, -0.2) is 0 Å². The number of nitrogens with zero attached hydrogens (tertiary/aromatic N) is 3. The molecule has 0 atom stereocenters. The fourth-order valence-corrected chi connectivity index (χ4v) is 3.03. The second kappa shape index (κ2) is 8.70. The first-order chi connectivity index (χ1) is 13.0. The molecular weight excluding hydrogens is 344 g/mol. The van der Waals surface area contributed by atoms with Gasteiger partial charge < -0.3 is 19.5 Å². The SMILES string of the molecule is CC(C)CCNC(=O)c1cc(N2CCN(C(=O)c3ccco3)CC2)ccn1. The van der Waals surface area contributed by atoms with Gasteiger partial charge in [-0.1, -0.05) is 13.8 Å². The predicted octanol–water partition coefficient (Wildman–Crippen LogP) is 2.41. The summed E-state index contributed by atoms with van der Waals surface area (Å²) in [6.07, 6.45) is 4.11. The Bertz CT molecular complexity index is 765. The van der Waals surface area contributed by atoms with Crippen LogP contribution in [0.25, 0.3) is 0 Å². The molecule has 2 aromatic heterocycles. The van der Waals surface area contributed by atoms with E-state index >= 15 is 0 Å². The Labute approximate surface area is 159 Å². The van der Waals surface area contributed by atoms with E-state index in [1.54, 1.807) is 23.2 Å². The van der Waals surface area contributed by atoms with E-state index in [2.05, 4.69) is 29.0 Å². The Morgan fingerprint density at radius 2 is 2.00 bits per heavy atom. The summed E-state index contributed by atoms with van der Waals surface area (Å²) >= 11 is 0. The molecule has 0 unspecified atom stereocenters. The fourth-order valence-electron chi connectivity index (χ4n) is 3.03. The lowest BCUT2D eigenvalue weighted by Crippen LogP contribution is -2.48. The van der Waals surface area contributed by atoms with Gasteiger partial charge in [0.15, 0.2) is 5.76 Å². The maximum atomic E-state index is 12.3. The van der Waals surface area contributed by atoms with E-state index in [1.165, 1.54) is 6.26 Å². The van der Waals surface area contributed by atoms with Gasteiger partial charge in [0.1, 0.15) is 5.69 Å². The van der Waals surface area contributed by atoms with Crippen LogP contribution in [0.1, 0.15) is 41.3 Å². The molecule has 27 heavy (non-hydrogen) atoms. The maximum Gasteiger partial charge on any atom is 0.289 e. The zero-order chi connectivity index (χ0) is 19.2. The Kier molecular flexibility index (Phi) is 6.11. The molecule has 0 saturated carbocycles. The molecule has 7 heteroatoms. The highest BCUT2D eigenvalue weighted by Gasteiger charge is 2.24. The smallest absolute Gasteiger partial charge is 0.289 e. The number of hydrogen-bond donors (Lipinski definition) is 1. The quantitative estimate of drug-likeness (QED) is 0.845. The molecule has 0 radical (unpaired) electrons. The lowest BCUT2D eigenvalue weighted by atomic mass is 10.1. The summed E-state index contributed by atoms with van der Waals surface area (Å²) in [7, 11) is 0. The maximum absolute atomic E-state index is 12.3. The molecule has 2 amide bonds. The Balaban J connectivity index is 1.56. The normalized spacial score (nSPS) is 14.5. The standard InChI is InChI=1S/C20H26N4O3/c1-15(2)5-7-22-19(25)17-14-16(6-8-21-17)23-9-11-24(12-10-23)20(26)18-4-3-13-27-18/h3-4,6,8,13-15H,5,7,9-12H2,1-2H3,(H,22,25). The molecule has 1 N–H and O–H groups in total. The predicted molar refractivity (Wildman–Crippen MR) is 103 cm³/mol. The number of aromatic nitrogens is 1. The molecule has 0 spiro atoms. The summed E-state index contributed by atoms with van der Waals surface area (Å²) in [5.74, 6) is 0.682. The van der Waals surface area contributed by atoms with Crippen molar-refractivity contribution >= 4 is 17.5 Å². The number of rotatable bonds is 6. The lowest BCUT2D eigenvalue weighted by molar-refractivity contribution is 0.0714. The van der Waals surface area contributed by atoms with Crippen molar-refractivity contribution in [2.24, 2.45) is 5.92 Å². The largest absolute Gasteiger partial charge is 0.459 e. The number of nitrogens with one attached hydrogen (secondary N) is 1. The fraction of sp³-hybridized carbons (Fsp3) is 0.450. The summed E-state index contributed by atoms with van der Waals surface area (Å²) in [5.41, 5.74) is 1.37. The van der Waals surface area contributed by atoms with Gasteiger partial charge in [-0.05, 0) is 36.6 Å². The number of pyridine rings is 1. The highest BCUT2D eigenvalue weighted by Crippen LogP contribution is 2.18. The van der Waals surface area contributed by atoms with Crippen LogP contribution >= 0.6 is 0 Å². The van der Waals surface area contributed by atoms with E-state index in [0.717, 1.165) is 12.1 Å². The Hall–Kier alpha value is -2.83. The first-order valence-corrected chi connectivity index (χ1v) is 9.36. The molecule has 0 bridgehead atoms. The highest BCUT2D eigenvalue weighted by molar-refractivity contribution is 5.93. The summed E-state index contributed by atoms with van der Waals surface area (Å²) in [6.45, 7) is 7.52. The van der Waals surface area contributed by atoms with Crippen molar-refractivity contribution < 1.29 is 14.0 Å². The summed E-state index contributed by atoms with van der Waals surface area (Å²) in [5, 5.41) is 2.91. The number of furan rings is 1. The van der Waals surface area contributed by atoms with E-state index in [-0.39, 0.29) is 11.8 Å². The van der Waals surface area contributed by atoms with Crippen molar-refractivity contribution in [3.05, 3.63) is 48.2 Å². The van der Waals surface area contributed by atoms with Gasteiger partial charge in [-0.2, -0.15) is 0 Å². The number of hydrogen-bond acceptors (Lipinski definition) is 5. The second-order valence-electron chi connectivity index (χ2n) is 7.09. The minimum absolute atomic E-state index is 0.0837. The third-order valence-electron chi connectivity index (χ3n) is 4.65. The Morgan fingerprint density at radius 1 is 1.22 bits per heavy atom. The average Bonchev–Trinajstić information content (AvgIpc) is 3.22. The minimum atomic E-state index is -0.149. The zero-order valence-corrected chi connectivity index (χ0v) is 15.9. The van der Waals surface area contributed by atoms with Crippen LogP contribution in [-0.4, -0.2) is 54.4 Å². The first kappa shape index (κ1) is 18.9. The summed E-state index contributed by atoms with van der Waals surface area (Å²) in [6, 6.07) is 7.11. The van der Waals surface area contributed by atoms with Gasteiger partial charge in [0, 0.05) is 44.6 Å². The van der Waals surface area contributed by atoms with E-state index < -0.39 is 0 Å². The van der Waals surface area contributed by atoms with Crippen molar-refractivity contribution in [3.8, 4) is 0 Å². The average molecular weight is 370 g/mol. The van der Waals surface area contributed by atoms with Gasteiger partial charge in [0.05, 0.1) is 6.26 Å². The molecule has 0 aromatic carbocycles. The van der Waals surface area contributed by atoms with E-state index in [9.17, 15) is 9.59 Å². The molecule has 1 fully saturated rings. The highest BCUT2D eigenvalue weighted by atomic mass is 16.3. The van der Waals surface area contributed by atoms with Crippen molar-refractivity contribution in [1.82, 2.24) is 15.2 Å². The molecule has 2 aromatic rings. The molecule has 0 aliphatic carbocycles. The van der Waals surface area contributed by atoms with Gasteiger partial charge in [-0.3, -0.25) is 14.6 Å². The van der Waals surface area contributed by atoms with Crippen LogP contribution in [0.3, 0.4) is 0 Å². The topological polar surface area (TPSA) is 78.7 Å². The number of piperazine rings is 1. The van der Waals surface area contributed by atoms with Crippen molar-refractivity contribution in [1.29, 1.82) is 0 Å². The van der Waals surface area contributed by atoms with Crippen LogP contribution in [-0.2, 0) is 0 Å². The third kappa shape index (κ3) is 4.87. The van der Waals surface area contributed by atoms with E-state index in [0.29, 0.717) is 50.1 Å². The van der Waals surface area contributed by atoms with E-state index in [4.69, 9.17) is 4.42 Å². The van der Waals surface area contributed by atoms with E-state index in [1.807, 2.05) is 12.1 Å². The Morgan fingerprint density at radius 3 is 2.67 bits per heavy atom. The van der Waals surface area contributed by atoms with Gasteiger partial charge in [-0.15, -0.1) is 0 Å². The second-order valence-corrected chi connectivity index (χ2v) is 7.09. The van der Waals surface area contributed by atoms with Crippen molar-refractivity contribution in [3.63, 3.8) is 0 Å². The van der Waals surface area contributed by atoms with Gasteiger partial charge >= 0.3 is 0 Å².